The van der Waals surface area contributed by atoms with E-state index < -0.39 is 124 Å². The highest BCUT2D eigenvalue weighted by Gasteiger charge is 2.53. The minimum absolute atomic E-state index is 0.236. The van der Waals surface area contributed by atoms with Crippen LogP contribution in [0.1, 0.15) is 226 Å². The van der Waals surface area contributed by atoms with E-state index in [-0.39, 0.29) is 18.9 Å². The van der Waals surface area contributed by atoms with Crippen LogP contribution in [0.15, 0.2) is 60.8 Å². The summed E-state index contributed by atoms with van der Waals surface area (Å²) in [7, 11) is 0. The van der Waals surface area contributed by atoms with Gasteiger partial charge >= 0.3 is 0 Å². The molecule has 0 spiro atoms. The zero-order chi connectivity index (χ0) is 62.6. The Bertz CT molecular complexity index is 1800. The molecule has 1 amide bonds. The van der Waals surface area contributed by atoms with Crippen molar-refractivity contribution in [1.29, 1.82) is 0 Å². The van der Waals surface area contributed by atoms with Crippen molar-refractivity contribution in [2.75, 3.05) is 26.4 Å². The summed E-state index contributed by atoms with van der Waals surface area (Å²) in [5.74, 6) is -0.281. The quantitative estimate of drug-likeness (QED) is 0.0203. The number of ether oxygens (including phenoxy) is 6. The molecule has 0 aromatic carbocycles. The SMILES string of the molecule is CC/C=C\C/C=C\C/C=C\C/C=C\CCCCCCCCCCCCC(=O)NC(COC1OC(CO)C(OC2OC(CO)C(OC3OC(CO)C(O)C(O)C3O)C(O)C2O)C(O)C1O)C(O)/C=C/CCCCCCCCCCCCCCCCCC. The average Bonchev–Trinajstić information content (AvgIpc) is 1.83. The number of hydrogen-bond donors (Lipinski definition) is 12. The molecule has 0 aromatic rings. The molecule has 0 bridgehead atoms. The van der Waals surface area contributed by atoms with Gasteiger partial charge in [0.25, 0.3) is 0 Å². The summed E-state index contributed by atoms with van der Waals surface area (Å²) in [6, 6.07) is -0.978. The summed E-state index contributed by atoms with van der Waals surface area (Å²) in [5.41, 5.74) is 0. The van der Waals surface area contributed by atoms with Gasteiger partial charge in [-0.15, -0.1) is 0 Å². The van der Waals surface area contributed by atoms with E-state index in [0.29, 0.717) is 6.42 Å². The van der Waals surface area contributed by atoms with E-state index in [1.807, 2.05) is 6.08 Å². The van der Waals surface area contributed by atoms with Gasteiger partial charge in [0.05, 0.1) is 38.6 Å². The number of aliphatic hydroxyl groups is 11. The van der Waals surface area contributed by atoms with Gasteiger partial charge < -0.3 is 89.9 Å². The minimum Gasteiger partial charge on any atom is -0.394 e. The van der Waals surface area contributed by atoms with Crippen molar-refractivity contribution in [2.45, 2.75) is 330 Å². The van der Waals surface area contributed by atoms with Crippen LogP contribution in [0, 0.1) is 0 Å². The topological polar surface area (TPSA) is 307 Å². The molecule has 3 heterocycles. The van der Waals surface area contributed by atoms with Crippen LogP contribution >= 0.6 is 0 Å². The first-order chi connectivity index (χ1) is 41.8. The van der Waals surface area contributed by atoms with Gasteiger partial charge in [-0.3, -0.25) is 4.79 Å². The molecule has 0 aromatic heterocycles. The highest BCUT2D eigenvalue weighted by molar-refractivity contribution is 5.76. The fraction of sp³-hybridized carbons (Fsp3) is 0.836. The fourth-order valence-corrected chi connectivity index (χ4v) is 11.1. The van der Waals surface area contributed by atoms with Crippen LogP contribution in [0.5, 0.6) is 0 Å². The number of allylic oxidation sites excluding steroid dienone is 9. The summed E-state index contributed by atoms with van der Waals surface area (Å²) in [5, 5.41) is 120. The first-order valence-corrected chi connectivity index (χ1v) is 33.5. The monoisotopic (exact) mass is 1230 g/mol. The van der Waals surface area contributed by atoms with E-state index in [1.165, 1.54) is 116 Å². The molecular formula is C67H119NO18. The highest BCUT2D eigenvalue weighted by atomic mass is 16.8. The minimum atomic E-state index is -1.98. The van der Waals surface area contributed by atoms with Crippen molar-refractivity contribution in [2.24, 2.45) is 0 Å². The summed E-state index contributed by atoms with van der Waals surface area (Å²) in [6.45, 7) is 1.62. The molecule has 3 aliphatic heterocycles. The van der Waals surface area contributed by atoms with Crippen LogP contribution in [0.3, 0.4) is 0 Å². The molecule has 3 fully saturated rings. The van der Waals surface area contributed by atoms with Crippen molar-refractivity contribution in [3.63, 3.8) is 0 Å². The van der Waals surface area contributed by atoms with Gasteiger partial charge in [0, 0.05) is 6.42 Å². The standard InChI is InChI=1S/C67H119NO18/c1-3-5-7-9-11-13-15-17-19-21-23-24-25-26-27-29-31-33-35-37-39-41-43-45-55(73)68-50(51(72)44-42-40-38-36-34-32-30-28-22-20-18-16-14-12-10-8-6-4-2)49-81-65-61(79)58(76)63(53(47-70)83-65)86-67-62(80)59(77)64(54(48-71)84-67)85-66-60(78)57(75)56(74)52(46-69)82-66/h5,7,11,13,17,19,23-24,42,44,50-54,56-67,69-72,74-80H,3-4,6,8-10,12,14-16,18,20-22,25-41,43,45-49H2,1-2H3,(H,68,73)/b7-5-,13-11-,19-17-,24-23-,44-42+. The predicted octanol–water partition coefficient (Wildman–Crippen LogP) is 7.99. The lowest BCUT2D eigenvalue weighted by atomic mass is 9.96. The molecule has 17 unspecified atom stereocenters. The van der Waals surface area contributed by atoms with Crippen LogP contribution in [0.4, 0.5) is 0 Å². The second-order valence-electron chi connectivity index (χ2n) is 23.9. The van der Waals surface area contributed by atoms with Gasteiger partial charge in [0.1, 0.15) is 73.2 Å². The molecule has 19 heteroatoms. The van der Waals surface area contributed by atoms with E-state index in [4.69, 9.17) is 28.4 Å². The zero-order valence-electron chi connectivity index (χ0n) is 52.5. The van der Waals surface area contributed by atoms with E-state index >= 15 is 0 Å². The number of unbranched alkanes of at least 4 members (excludes halogenated alkanes) is 26. The number of rotatable bonds is 50. The van der Waals surface area contributed by atoms with E-state index in [2.05, 4.69) is 67.8 Å². The molecular weight excluding hydrogens is 1110 g/mol. The Morgan fingerprint density at radius 3 is 1.26 bits per heavy atom. The van der Waals surface area contributed by atoms with Crippen LogP contribution < -0.4 is 5.32 Å². The molecule has 3 saturated heterocycles. The van der Waals surface area contributed by atoms with Crippen LogP contribution in [0.2, 0.25) is 0 Å². The summed E-state index contributed by atoms with van der Waals surface area (Å²) >= 11 is 0. The lowest BCUT2D eigenvalue weighted by Gasteiger charge is -2.48. The zero-order valence-corrected chi connectivity index (χ0v) is 52.5. The number of carbonyl (C=O) groups excluding carboxylic acids is 1. The van der Waals surface area contributed by atoms with Gasteiger partial charge in [-0.25, -0.2) is 0 Å². The summed E-state index contributed by atoms with van der Waals surface area (Å²) < 4.78 is 34.3. The summed E-state index contributed by atoms with van der Waals surface area (Å²) in [6.07, 6.45) is 31.8. The highest BCUT2D eigenvalue weighted by Crippen LogP contribution is 2.33. The van der Waals surface area contributed by atoms with Crippen molar-refractivity contribution in [3.05, 3.63) is 60.8 Å². The Kier molecular flexibility index (Phi) is 44.5. The fourth-order valence-electron chi connectivity index (χ4n) is 11.1. The lowest BCUT2D eigenvalue weighted by molar-refractivity contribution is -0.379. The summed E-state index contributed by atoms with van der Waals surface area (Å²) in [4.78, 5) is 13.4. The van der Waals surface area contributed by atoms with E-state index in [1.54, 1.807) is 6.08 Å². The Morgan fingerprint density at radius 2 is 0.802 bits per heavy atom. The molecule has 0 radical (unpaired) electrons. The van der Waals surface area contributed by atoms with Gasteiger partial charge in [-0.05, 0) is 57.8 Å². The number of amides is 1. The Morgan fingerprint density at radius 1 is 0.430 bits per heavy atom. The number of aliphatic hydroxyl groups excluding tert-OH is 11. The van der Waals surface area contributed by atoms with Gasteiger partial charge in [0.2, 0.25) is 5.91 Å². The maximum Gasteiger partial charge on any atom is 0.220 e. The molecule has 12 N–H and O–H groups in total. The lowest BCUT2D eigenvalue weighted by Crippen LogP contribution is -2.66. The van der Waals surface area contributed by atoms with Crippen LogP contribution in [-0.2, 0) is 33.2 Å². The number of carbonyl (C=O) groups is 1. The van der Waals surface area contributed by atoms with Gasteiger partial charge in [-0.2, -0.15) is 0 Å². The van der Waals surface area contributed by atoms with Crippen molar-refractivity contribution >= 4 is 5.91 Å². The molecule has 19 nitrogen and oxygen atoms in total. The smallest absolute Gasteiger partial charge is 0.220 e. The maximum absolute atomic E-state index is 13.4. The maximum atomic E-state index is 13.4. The molecule has 0 saturated carbocycles. The van der Waals surface area contributed by atoms with Crippen LogP contribution in [-0.4, -0.2) is 193 Å². The Hall–Kier alpha value is -2.51. The number of hydrogen-bond acceptors (Lipinski definition) is 18. The van der Waals surface area contributed by atoms with Gasteiger partial charge in [-0.1, -0.05) is 222 Å². The first-order valence-electron chi connectivity index (χ1n) is 33.5. The molecule has 0 aliphatic carbocycles. The van der Waals surface area contributed by atoms with E-state index in [9.17, 15) is 61.0 Å². The second kappa shape index (κ2) is 49.2. The third-order valence-electron chi connectivity index (χ3n) is 16.6. The molecule has 3 rings (SSSR count). The molecule has 86 heavy (non-hydrogen) atoms. The normalized spacial score (nSPS) is 29.2. The number of nitrogens with one attached hydrogen (secondary N) is 1. The van der Waals surface area contributed by atoms with Crippen molar-refractivity contribution < 1.29 is 89.4 Å². The predicted molar refractivity (Wildman–Crippen MR) is 332 cm³/mol. The molecule has 500 valence electrons. The Balaban J connectivity index is 1.46. The molecule has 3 aliphatic rings. The van der Waals surface area contributed by atoms with Gasteiger partial charge in [0.15, 0.2) is 18.9 Å². The largest absolute Gasteiger partial charge is 0.394 e. The van der Waals surface area contributed by atoms with Crippen molar-refractivity contribution in [1.82, 2.24) is 5.32 Å². The third kappa shape index (κ3) is 31.5. The van der Waals surface area contributed by atoms with Crippen molar-refractivity contribution in [3.8, 4) is 0 Å². The molecule has 17 atom stereocenters. The van der Waals surface area contributed by atoms with Crippen LogP contribution in [0.25, 0.3) is 0 Å². The Labute approximate surface area is 515 Å². The second-order valence-corrected chi connectivity index (χ2v) is 23.9. The average molecular weight is 1230 g/mol. The third-order valence-corrected chi connectivity index (χ3v) is 16.6. The van der Waals surface area contributed by atoms with E-state index in [0.717, 1.165) is 83.5 Å². The first kappa shape index (κ1) is 77.7.